The molecule has 1 nitrogen and oxygen atoms in total. The molecule has 1 aliphatic carbocycles. The second-order valence-electron chi connectivity index (χ2n) is 5.84. The zero-order valence-electron chi connectivity index (χ0n) is 11.8. The first kappa shape index (κ1) is 13.3. The fraction of sp³-hybridized carbons (Fsp3) is 0.588. The van der Waals surface area contributed by atoms with Gasteiger partial charge in [0.1, 0.15) is 0 Å². The van der Waals surface area contributed by atoms with Gasteiger partial charge in [-0.1, -0.05) is 45.0 Å². The monoisotopic (exact) mass is 244 g/mol. The largest absolute Gasteiger partial charge is 0.294 e. The fourth-order valence-electron chi connectivity index (χ4n) is 3.07. The molecule has 0 N–H and O–H groups in total. The Hall–Kier alpha value is -1.11. The van der Waals surface area contributed by atoms with Crippen LogP contribution < -0.4 is 0 Å². The molecule has 0 aliphatic heterocycles. The van der Waals surface area contributed by atoms with Crippen molar-refractivity contribution in [2.24, 2.45) is 17.8 Å². The van der Waals surface area contributed by atoms with Crippen LogP contribution in [0.1, 0.15) is 56.0 Å². The summed E-state index contributed by atoms with van der Waals surface area (Å²) in [5.41, 5.74) is 2.17. The molecular formula is C17H24O. The summed E-state index contributed by atoms with van der Waals surface area (Å²) in [6, 6.07) is 8.11. The van der Waals surface area contributed by atoms with Crippen LogP contribution in [0.5, 0.6) is 0 Å². The van der Waals surface area contributed by atoms with Crippen LogP contribution in [0.4, 0.5) is 0 Å². The topological polar surface area (TPSA) is 17.1 Å². The van der Waals surface area contributed by atoms with Crippen LogP contribution in [0.25, 0.3) is 0 Å². The summed E-state index contributed by atoms with van der Waals surface area (Å²) in [6.45, 7) is 6.72. The molecular weight excluding hydrogens is 220 g/mol. The van der Waals surface area contributed by atoms with Gasteiger partial charge in [0.15, 0.2) is 5.78 Å². The van der Waals surface area contributed by atoms with E-state index in [4.69, 9.17) is 0 Å². The maximum absolute atomic E-state index is 12.6. The lowest BCUT2D eigenvalue weighted by Crippen LogP contribution is -2.27. The Morgan fingerprint density at radius 3 is 2.56 bits per heavy atom. The molecule has 1 aliphatic rings. The summed E-state index contributed by atoms with van der Waals surface area (Å²) < 4.78 is 0. The normalized spacial score (nSPS) is 28.1. The highest BCUT2D eigenvalue weighted by Gasteiger charge is 2.30. The molecule has 0 radical (unpaired) electrons. The standard InChI is InChI=1S/C17H24O/c1-4-14-7-5-6-8-16(14)17(18)15-10-9-12(2)13(3)11-15/h5-8,12-13,15H,4,9-11H2,1-3H3. The lowest BCUT2D eigenvalue weighted by atomic mass is 9.73. The van der Waals surface area contributed by atoms with Crippen molar-refractivity contribution in [1.29, 1.82) is 0 Å². The molecule has 98 valence electrons. The highest BCUT2D eigenvalue weighted by Crippen LogP contribution is 2.35. The number of carbonyl (C=O) groups excluding carboxylic acids is 1. The molecule has 0 bridgehead atoms. The predicted molar refractivity (Wildman–Crippen MR) is 75.8 cm³/mol. The second-order valence-corrected chi connectivity index (χ2v) is 5.84. The number of Topliss-reactive ketones (excluding diaryl/α,β-unsaturated/α-hetero) is 1. The molecule has 0 spiro atoms. The number of carbonyl (C=O) groups is 1. The maximum atomic E-state index is 12.6. The van der Waals surface area contributed by atoms with Gasteiger partial charge >= 0.3 is 0 Å². The van der Waals surface area contributed by atoms with E-state index in [0.717, 1.165) is 30.7 Å². The van der Waals surface area contributed by atoms with Crippen LogP contribution in [0.2, 0.25) is 0 Å². The third kappa shape index (κ3) is 2.66. The minimum atomic E-state index is 0.254. The summed E-state index contributed by atoms with van der Waals surface area (Å²) in [7, 11) is 0. The van der Waals surface area contributed by atoms with Crippen LogP contribution in [0.15, 0.2) is 24.3 Å². The lowest BCUT2D eigenvalue weighted by molar-refractivity contribution is 0.0836. The van der Waals surface area contributed by atoms with E-state index in [2.05, 4.69) is 26.8 Å². The second kappa shape index (κ2) is 5.69. The first-order valence-corrected chi connectivity index (χ1v) is 7.25. The number of rotatable bonds is 3. The molecule has 1 aromatic carbocycles. The minimum absolute atomic E-state index is 0.254. The van der Waals surface area contributed by atoms with E-state index in [-0.39, 0.29) is 5.92 Å². The van der Waals surface area contributed by atoms with E-state index in [1.807, 2.05) is 18.2 Å². The molecule has 1 heteroatoms. The highest BCUT2D eigenvalue weighted by atomic mass is 16.1. The van der Waals surface area contributed by atoms with Gasteiger partial charge in [0, 0.05) is 11.5 Å². The molecule has 0 saturated heterocycles. The van der Waals surface area contributed by atoms with Gasteiger partial charge in [-0.2, -0.15) is 0 Å². The third-order valence-corrected chi connectivity index (χ3v) is 4.63. The van der Waals surface area contributed by atoms with Crippen LogP contribution in [-0.2, 0) is 6.42 Å². The van der Waals surface area contributed by atoms with Crippen molar-refractivity contribution >= 4 is 5.78 Å². The molecule has 1 aromatic rings. The van der Waals surface area contributed by atoms with Crippen molar-refractivity contribution in [1.82, 2.24) is 0 Å². The molecule has 3 atom stereocenters. The number of hydrogen-bond acceptors (Lipinski definition) is 1. The Balaban J connectivity index is 2.16. The summed E-state index contributed by atoms with van der Waals surface area (Å²) in [5.74, 6) is 2.09. The number of benzene rings is 1. The average molecular weight is 244 g/mol. The van der Waals surface area contributed by atoms with Crippen molar-refractivity contribution in [2.75, 3.05) is 0 Å². The highest BCUT2D eigenvalue weighted by molar-refractivity contribution is 5.99. The van der Waals surface area contributed by atoms with Gasteiger partial charge in [0.05, 0.1) is 0 Å². The van der Waals surface area contributed by atoms with E-state index in [0.29, 0.717) is 11.7 Å². The summed E-state index contributed by atoms with van der Waals surface area (Å²) in [6.07, 6.45) is 4.28. The molecule has 0 amide bonds. The van der Waals surface area contributed by atoms with Gasteiger partial charge in [0.2, 0.25) is 0 Å². The van der Waals surface area contributed by atoms with E-state index in [9.17, 15) is 4.79 Å². The molecule has 1 fully saturated rings. The zero-order valence-corrected chi connectivity index (χ0v) is 11.8. The van der Waals surface area contributed by atoms with Crippen molar-refractivity contribution in [3.05, 3.63) is 35.4 Å². The van der Waals surface area contributed by atoms with Crippen LogP contribution >= 0.6 is 0 Å². The van der Waals surface area contributed by atoms with Crippen LogP contribution in [-0.4, -0.2) is 5.78 Å². The third-order valence-electron chi connectivity index (χ3n) is 4.63. The van der Waals surface area contributed by atoms with Gasteiger partial charge < -0.3 is 0 Å². The number of hydrogen-bond donors (Lipinski definition) is 0. The van der Waals surface area contributed by atoms with E-state index >= 15 is 0 Å². The molecule has 0 aromatic heterocycles. The molecule has 1 saturated carbocycles. The van der Waals surface area contributed by atoms with Gasteiger partial charge in [0.25, 0.3) is 0 Å². The smallest absolute Gasteiger partial charge is 0.166 e. The van der Waals surface area contributed by atoms with Crippen LogP contribution in [0.3, 0.4) is 0 Å². The van der Waals surface area contributed by atoms with E-state index in [1.165, 1.54) is 12.0 Å². The predicted octanol–water partition coefficient (Wildman–Crippen LogP) is 4.50. The van der Waals surface area contributed by atoms with Gasteiger partial charge in [-0.25, -0.2) is 0 Å². The van der Waals surface area contributed by atoms with Crippen molar-refractivity contribution < 1.29 is 4.79 Å². The number of ketones is 1. The Labute approximate surface area is 111 Å². The molecule has 2 rings (SSSR count). The molecule has 18 heavy (non-hydrogen) atoms. The number of aryl methyl sites for hydroxylation is 1. The quantitative estimate of drug-likeness (QED) is 0.715. The zero-order chi connectivity index (χ0) is 13.1. The van der Waals surface area contributed by atoms with Crippen LogP contribution in [0, 0.1) is 17.8 Å². The summed E-state index contributed by atoms with van der Waals surface area (Å²) in [4.78, 5) is 12.6. The van der Waals surface area contributed by atoms with E-state index in [1.54, 1.807) is 0 Å². The van der Waals surface area contributed by atoms with Crippen molar-refractivity contribution in [2.45, 2.75) is 46.5 Å². The Kier molecular flexibility index (Phi) is 4.21. The Morgan fingerprint density at radius 1 is 1.17 bits per heavy atom. The first-order valence-electron chi connectivity index (χ1n) is 7.25. The first-order chi connectivity index (χ1) is 8.63. The van der Waals surface area contributed by atoms with Crippen molar-refractivity contribution in [3.8, 4) is 0 Å². The Bertz CT molecular complexity index is 421. The maximum Gasteiger partial charge on any atom is 0.166 e. The molecule has 3 unspecified atom stereocenters. The fourth-order valence-corrected chi connectivity index (χ4v) is 3.07. The van der Waals surface area contributed by atoms with Gasteiger partial charge in [-0.15, -0.1) is 0 Å². The van der Waals surface area contributed by atoms with Gasteiger partial charge in [-0.3, -0.25) is 4.79 Å². The van der Waals surface area contributed by atoms with E-state index < -0.39 is 0 Å². The summed E-state index contributed by atoms with van der Waals surface area (Å²) in [5, 5.41) is 0. The summed E-state index contributed by atoms with van der Waals surface area (Å²) >= 11 is 0. The molecule has 0 heterocycles. The SMILES string of the molecule is CCc1ccccc1C(=O)C1CCC(C)C(C)C1. The van der Waals surface area contributed by atoms with Crippen molar-refractivity contribution in [3.63, 3.8) is 0 Å². The lowest BCUT2D eigenvalue weighted by Gasteiger charge is -2.31. The Morgan fingerprint density at radius 2 is 1.89 bits per heavy atom. The van der Waals surface area contributed by atoms with Gasteiger partial charge in [-0.05, 0) is 43.1 Å². The minimum Gasteiger partial charge on any atom is -0.294 e. The average Bonchev–Trinajstić information content (AvgIpc) is 2.41.